The van der Waals surface area contributed by atoms with E-state index in [2.05, 4.69) is 97.1 Å². The Balaban J connectivity index is 1.14. The van der Waals surface area contributed by atoms with Crippen LogP contribution in [0.15, 0.2) is 152 Å². The van der Waals surface area contributed by atoms with Crippen molar-refractivity contribution in [1.29, 1.82) is 0 Å². The highest BCUT2D eigenvalue weighted by Crippen LogP contribution is 2.48. The Labute approximate surface area is 260 Å². The van der Waals surface area contributed by atoms with Gasteiger partial charge in [-0.2, -0.15) is 0 Å². The Hall–Kier alpha value is -6.13. The van der Waals surface area contributed by atoms with E-state index in [0.29, 0.717) is 5.82 Å². The van der Waals surface area contributed by atoms with Crippen molar-refractivity contribution in [3.63, 3.8) is 0 Å². The van der Waals surface area contributed by atoms with Crippen molar-refractivity contribution in [2.24, 2.45) is 0 Å². The quantitative estimate of drug-likeness (QED) is 0.209. The van der Waals surface area contributed by atoms with Gasteiger partial charge in [0.2, 0.25) is 0 Å². The highest BCUT2D eigenvalue weighted by molar-refractivity contribution is 6.10. The monoisotopic (exact) mass is 575 g/mol. The molecule has 3 heterocycles. The molecule has 0 aliphatic carbocycles. The molecule has 8 aromatic rings. The van der Waals surface area contributed by atoms with E-state index in [0.717, 1.165) is 77.9 Å². The zero-order valence-electron chi connectivity index (χ0n) is 24.2. The van der Waals surface area contributed by atoms with Crippen LogP contribution in [0.1, 0.15) is 0 Å². The molecule has 0 radical (unpaired) electrons. The summed E-state index contributed by atoms with van der Waals surface area (Å²) >= 11 is 0. The molecule has 0 atom stereocenters. The van der Waals surface area contributed by atoms with Gasteiger partial charge in [-0.1, -0.05) is 109 Å². The summed E-state index contributed by atoms with van der Waals surface area (Å²) in [7, 11) is 0. The van der Waals surface area contributed by atoms with E-state index in [9.17, 15) is 0 Å². The number of para-hydroxylation sites is 1. The number of rotatable bonds is 4. The molecule has 210 valence electrons. The average molecular weight is 576 g/mol. The second-order valence-electron chi connectivity index (χ2n) is 11.3. The minimum Gasteiger partial charge on any atom is -0.456 e. The van der Waals surface area contributed by atoms with Gasteiger partial charge >= 0.3 is 0 Å². The number of ether oxygens (including phenoxy) is 1. The first-order chi connectivity index (χ1) is 22.3. The second kappa shape index (κ2) is 10.2. The summed E-state index contributed by atoms with van der Waals surface area (Å²) in [5, 5.41) is 3.34. The summed E-state index contributed by atoms with van der Waals surface area (Å²) in [6.07, 6.45) is 1.96. The van der Waals surface area contributed by atoms with Crippen LogP contribution in [0.5, 0.6) is 11.5 Å². The summed E-state index contributed by atoms with van der Waals surface area (Å²) < 4.78 is 6.31. The minimum atomic E-state index is 0.673. The molecule has 0 saturated carbocycles. The normalized spacial score (nSPS) is 11.7. The van der Waals surface area contributed by atoms with Crippen LogP contribution in [0, 0.1) is 0 Å². The maximum Gasteiger partial charge on any atom is 0.160 e. The van der Waals surface area contributed by atoms with E-state index < -0.39 is 0 Å². The molecule has 0 fully saturated rings. The molecular weight excluding hydrogens is 550 g/mol. The third-order valence-electron chi connectivity index (χ3n) is 8.52. The van der Waals surface area contributed by atoms with E-state index in [4.69, 9.17) is 19.7 Å². The molecule has 1 aliphatic rings. The lowest BCUT2D eigenvalue weighted by atomic mass is 9.90. The fourth-order valence-electron chi connectivity index (χ4n) is 6.33. The number of hydrogen-bond acceptors (Lipinski definition) is 4. The van der Waals surface area contributed by atoms with Gasteiger partial charge in [0.1, 0.15) is 11.5 Å². The van der Waals surface area contributed by atoms with Gasteiger partial charge in [-0.05, 0) is 52.9 Å². The van der Waals surface area contributed by atoms with Gasteiger partial charge in [-0.15, -0.1) is 0 Å². The molecule has 0 spiro atoms. The van der Waals surface area contributed by atoms with Crippen LogP contribution in [0.4, 0.5) is 0 Å². The highest BCUT2D eigenvalue weighted by atomic mass is 16.5. The molecular formula is C41H25N3O. The summed E-state index contributed by atoms with van der Waals surface area (Å²) in [6, 6.07) is 50.0. The maximum atomic E-state index is 6.31. The van der Waals surface area contributed by atoms with Crippen molar-refractivity contribution in [2.75, 3.05) is 0 Å². The Morgan fingerprint density at radius 1 is 0.444 bits per heavy atom. The van der Waals surface area contributed by atoms with Crippen LogP contribution in [0.2, 0.25) is 0 Å². The number of aromatic nitrogens is 3. The van der Waals surface area contributed by atoms with Crippen molar-refractivity contribution in [2.45, 2.75) is 0 Å². The first-order valence-corrected chi connectivity index (χ1v) is 15.0. The van der Waals surface area contributed by atoms with Gasteiger partial charge in [0.15, 0.2) is 5.82 Å². The first-order valence-electron chi connectivity index (χ1n) is 15.0. The highest BCUT2D eigenvalue weighted by Gasteiger charge is 2.21. The molecule has 0 N–H and O–H groups in total. The average Bonchev–Trinajstić information content (AvgIpc) is 3.12. The Bertz CT molecular complexity index is 2340. The first kappa shape index (κ1) is 25.4. The maximum absolute atomic E-state index is 6.31. The number of fused-ring (bicyclic) bond motifs is 3. The van der Waals surface area contributed by atoms with Gasteiger partial charge in [0, 0.05) is 44.8 Å². The summed E-state index contributed by atoms with van der Waals surface area (Å²) in [4.78, 5) is 14.9. The third kappa shape index (κ3) is 4.35. The van der Waals surface area contributed by atoms with Crippen LogP contribution >= 0.6 is 0 Å². The lowest BCUT2D eigenvalue weighted by Gasteiger charge is -2.22. The lowest BCUT2D eigenvalue weighted by molar-refractivity contribution is 0.487. The van der Waals surface area contributed by atoms with Gasteiger partial charge < -0.3 is 4.74 Å². The van der Waals surface area contributed by atoms with Gasteiger partial charge in [0.05, 0.1) is 16.9 Å². The predicted octanol–water partition coefficient (Wildman–Crippen LogP) is 10.6. The smallest absolute Gasteiger partial charge is 0.160 e. The molecule has 4 heteroatoms. The lowest BCUT2D eigenvalue weighted by Crippen LogP contribution is -1.97. The molecule has 2 aromatic heterocycles. The predicted molar refractivity (Wildman–Crippen MR) is 182 cm³/mol. The van der Waals surface area contributed by atoms with Gasteiger partial charge in [0.25, 0.3) is 0 Å². The summed E-state index contributed by atoms with van der Waals surface area (Å²) in [6.45, 7) is 0. The summed E-state index contributed by atoms with van der Waals surface area (Å²) in [5.41, 5.74) is 10.2. The molecule has 6 aromatic carbocycles. The van der Waals surface area contributed by atoms with Crippen molar-refractivity contribution in [3.05, 3.63) is 152 Å². The number of hydrogen-bond donors (Lipinski definition) is 0. The molecule has 0 amide bonds. The van der Waals surface area contributed by atoms with Gasteiger partial charge in [-0.25, -0.2) is 9.97 Å². The Morgan fingerprint density at radius 3 is 1.93 bits per heavy atom. The van der Waals surface area contributed by atoms with Crippen LogP contribution in [0.3, 0.4) is 0 Å². The van der Waals surface area contributed by atoms with Gasteiger partial charge in [-0.3, -0.25) is 4.98 Å². The number of benzene rings is 6. The van der Waals surface area contributed by atoms with E-state index in [1.807, 2.05) is 54.7 Å². The van der Waals surface area contributed by atoms with Crippen molar-refractivity contribution >= 4 is 21.7 Å². The Morgan fingerprint density at radius 2 is 1.16 bits per heavy atom. The largest absolute Gasteiger partial charge is 0.456 e. The molecule has 45 heavy (non-hydrogen) atoms. The fourth-order valence-corrected chi connectivity index (χ4v) is 6.33. The molecule has 9 rings (SSSR count). The zero-order chi connectivity index (χ0) is 29.7. The summed E-state index contributed by atoms with van der Waals surface area (Å²) in [5.74, 6) is 2.45. The van der Waals surface area contributed by atoms with Crippen molar-refractivity contribution in [1.82, 2.24) is 15.0 Å². The van der Waals surface area contributed by atoms with Crippen LogP contribution < -0.4 is 4.74 Å². The standard InChI is InChI=1S/C41H25N3O/c1-3-10-26(11-4-1)36-24-37(27-12-5-2-6-13-27)44-41(43-36)29-19-18-28-22-30(25-42-35(28)23-29)31-20-21-39-40-33(31)15-9-16-34(40)32-14-7-8-17-38(32)45-39/h1-25H. The zero-order valence-corrected chi connectivity index (χ0v) is 24.2. The van der Waals surface area contributed by atoms with E-state index in [1.54, 1.807) is 0 Å². The van der Waals surface area contributed by atoms with E-state index >= 15 is 0 Å². The van der Waals surface area contributed by atoms with Crippen LogP contribution in [0.25, 0.3) is 77.8 Å². The number of nitrogens with zero attached hydrogens (tertiary/aromatic N) is 3. The topological polar surface area (TPSA) is 47.9 Å². The second-order valence-corrected chi connectivity index (χ2v) is 11.3. The molecule has 0 unspecified atom stereocenters. The molecule has 4 nitrogen and oxygen atoms in total. The molecule has 0 saturated heterocycles. The molecule has 0 bridgehead atoms. The van der Waals surface area contributed by atoms with Crippen molar-refractivity contribution < 1.29 is 4.74 Å². The van der Waals surface area contributed by atoms with Crippen LogP contribution in [-0.4, -0.2) is 15.0 Å². The van der Waals surface area contributed by atoms with Crippen molar-refractivity contribution in [3.8, 4) is 67.7 Å². The van der Waals surface area contributed by atoms with E-state index in [1.165, 1.54) is 5.56 Å². The molecule has 1 aliphatic heterocycles. The third-order valence-corrected chi connectivity index (χ3v) is 8.52. The fraction of sp³-hybridized carbons (Fsp3) is 0. The minimum absolute atomic E-state index is 0.673. The van der Waals surface area contributed by atoms with E-state index in [-0.39, 0.29) is 0 Å². The SMILES string of the molecule is c1ccc(-c2cc(-c3ccccc3)nc(-c3ccc4cc(-c5ccc6c7c(cccc57)-c5ccccc5O6)cnc4c3)n2)cc1. The Kier molecular flexibility index (Phi) is 5.78. The number of pyridine rings is 1. The van der Waals surface area contributed by atoms with Crippen LogP contribution in [-0.2, 0) is 0 Å².